The van der Waals surface area contributed by atoms with E-state index in [0.29, 0.717) is 17.3 Å². The lowest BCUT2D eigenvalue weighted by Gasteiger charge is -2.14. The molecule has 1 amide bonds. The van der Waals surface area contributed by atoms with E-state index in [-0.39, 0.29) is 11.9 Å². The smallest absolute Gasteiger partial charge is 0.280 e. The number of amides is 1. The number of rotatable bonds is 3. The molecular weight excluding hydrogens is 342 g/mol. The number of fused-ring (bicyclic) bond motifs is 1. The van der Waals surface area contributed by atoms with Crippen molar-refractivity contribution < 1.29 is 4.79 Å². The minimum absolute atomic E-state index is 0.141. The lowest BCUT2D eigenvalue weighted by atomic mass is 10.1. The zero-order valence-corrected chi connectivity index (χ0v) is 14.9. The SMILES string of the molecule is Cc1ccc2c(C(=O)N(C)c3ccccn3)nn(-c3ccnc(N)n3)c2c1. The van der Waals surface area contributed by atoms with Gasteiger partial charge >= 0.3 is 0 Å². The molecule has 0 saturated heterocycles. The summed E-state index contributed by atoms with van der Waals surface area (Å²) in [5.74, 6) is 0.923. The van der Waals surface area contributed by atoms with Crippen molar-refractivity contribution in [2.45, 2.75) is 6.92 Å². The van der Waals surface area contributed by atoms with E-state index in [2.05, 4.69) is 20.1 Å². The molecule has 3 aromatic heterocycles. The molecule has 0 fully saturated rings. The number of carbonyl (C=O) groups excluding carboxylic acids is 1. The Bertz CT molecular complexity index is 1140. The van der Waals surface area contributed by atoms with Crippen LogP contribution in [0.1, 0.15) is 16.1 Å². The molecule has 4 rings (SSSR count). The number of benzene rings is 1. The average molecular weight is 359 g/mol. The molecule has 0 atom stereocenters. The quantitative estimate of drug-likeness (QED) is 0.602. The van der Waals surface area contributed by atoms with Crippen LogP contribution in [0.2, 0.25) is 0 Å². The molecule has 0 aliphatic heterocycles. The van der Waals surface area contributed by atoms with Crippen LogP contribution in [0.5, 0.6) is 0 Å². The fraction of sp³-hybridized carbons (Fsp3) is 0.105. The zero-order valence-electron chi connectivity index (χ0n) is 14.9. The van der Waals surface area contributed by atoms with Crippen molar-refractivity contribution >= 4 is 28.6 Å². The van der Waals surface area contributed by atoms with Gasteiger partial charge in [-0.05, 0) is 30.7 Å². The first-order chi connectivity index (χ1) is 13.0. The van der Waals surface area contributed by atoms with Crippen LogP contribution in [-0.4, -0.2) is 37.7 Å². The molecule has 27 heavy (non-hydrogen) atoms. The van der Waals surface area contributed by atoms with E-state index in [1.54, 1.807) is 42.3 Å². The lowest BCUT2D eigenvalue weighted by Crippen LogP contribution is -2.27. The van der Waals surface area contributed by atoms with Gasteiger partial charge in [0.2, 0.25) is 5.95 Å². The third kappa shape index (κ3) is 2.97. The third-order valence-electron chi connectivity index (χ3n) is 4.21. The molecule has 2 N–H and O–H groups in total. The van der Waals surface area contributed by atoms with E-state index in [4.69, 9.17) is 5.73 Å². The highest BCUT2D eigenvalue weighted by atomic mass is 16.2. The van der Waals surface area contributed by atoms with Gasteiger partial charge in [0.05, 0.1) is 5.52 Å². The van der Waals surface area contributed by atoms with Gasteiger partial charge in [0.25, 0.3) is 5.91 Å². The summed E-state index contributed by atoms with van der Waals surface area (Å²) in [7, 11) is 1.67. The highest BCUT2D eigenvalue weighted by Crippen LogP contribution is 2.24. The van der Waals surface area contributed by atoms with Crippen molar-refractivity contribution in [3.05, 3.63) is 66.1 Å². The molecule has 0 aliphatic rings. The second kappa shape index (κ2) is 6.49. The Morgan fingerprint density at radius 1 is 1.11 bits per heavy atom. The lowest BCUT2D eigenvalue weighted by molar-refractivity contribution is 0.0988. The summed E-state index contributed by atoms with van der Waals surface area (Å²) in [5, 5.41) is 5.27. The summed E-state index contributed by atoms with van der Waals surface area (Å²) < 4.78 is 1.61. The summed E-state index contributed by atoms with van der Waals surface area (Å²) in [6, 6.07) is 12.9. The van der Waals surface area contributed by atoms with Crippen LogP contribution < -0.4 is 10.6 Å². The molecule has 3 heterocycles. The second-order valence-corrected chi connectivity index (χ2v) is 6.11. The number of aryl methyl sites for hydroxylation is 1. The van der Waals surface area contributed by atoms with E-state index in [9.17, 15) is 4.79 Å². The molecular formula is C19H17N7O. The maximum Gasteiger partial charge on any atom is 0.280 e. The number of nitrogens with zero attached hydrogens (tertiary/aromatic N) is 6. The molecule has 0 aliphatic carbocycles. The highest BCUT2D eigenvalue weighted by molar-refractivity contribution is 6.12. The van der Waals surface area contributed by atoms with Crippen molar-refractivity contribution in [2.24, 2.45) is 0 Å². The van der Waals surface area contributed by atoms with Gasteiger partial charge in [-0.1, -0.05) is 18.2 Å². The van der Waals surface area contributed by atoms with Crippen molar-refractivity contribution in [1.82, 2.24) is 24.7 Å². The summed E-state index contributed by atoms with van der Waals surface area (Å²) in [6.45, 7) is 1.98. The Morgan fingerprint density at radius 3 is 2.70 bits per heavy atom. The van der Waals surface area contributed by atoms with Crippen LogP contribution in [0.4, 0.5) is 11.8 Å². The van der Waals surface area contributed by atoms with E-state index >= 15 is 0 Å². The van der Waals surface area contributed by atoms with Crippen LogP contribution >= 0.6 is 0 Å². The zero-order chi connectivity index (χ0) is 19.0. The second-order valence-electron chi connectivity index (χ2n) is 6.11. The van der Waals surface area contributed by atoms with Gasteiger partial charge in [0, 0.05) is 30.9 Å². The Morgan fingerprint density at radius 2 is 1.96 bits per heavy atom. The van der Waals surface area contributed by atoms with Gasteiger partial charge in [-0.2, -0.15) is 10.1 Å². The number of nitrogens with two attached hydrogens (primary N) is 1. The summed E-state index contributed by atoms with van der Waals surface area (Å²) >= 11 is 0. The van der Waals surface area contributed by atoms with Gasteiger partial charge in [0.15, 0.2) is 11.5 Å². The van der Waals surface area contributed by atoms with Crippen molar-refractivity contribution in [3.63, 3.8) is 0 Å². The number of hydrogen-bond donors (Lipinski definition) is 1. The Balaban J connectivity index is 1.88. The van der Waals surface area contributed by atoms with E-state index in [1.165, 1.54) is 4.90 Å². The Kier molecular flexibility index (Phi) is 4.00. The number of anilines is 2. The first-order valence-corrected chi connectivity index (χ1v) is 8.32. The van der Waals surface area contributed by atoms with E-state index in [1.807, 2.05) is 31.2 Å². The standard InChI is InChI=1S/C19H17N7O/c1-12-6-7-13-14(11-12)26(16-8-10-22-19(20)23-16)24-17(13)18(27)25(2)15-5-3-4-9-21-15/h3-11H,1-2H3,(H2,20,22,23). The molecule has 8 heteroatoms. The van der Waals surface area contributed by atoms with Gasteiger partial charge in [0.1, 0.15) is 5.82 Å². The van der Waals surface area contributed by atoms with Crippen LogP contribution in [0.25, 0.3) is 16.7 Å². The summed E-state index contributed by atoms with van der Waals surface area (Å²) in [4.78, 5) is 27.0. The molecule has 4 aromatic rings. The topological polar surface area (TPSA) is 103 Å². The van der Waals surface area contributed by atoms with E-state index in [0.717, 1.165) is 16.5 Å². The maximum atomic E-state index is 13.1. The highest BCUT2D eigenvalue weighted by Gasteiger charge is 2.23. The molecule has 134 valence electrons. The third-order valence-corrected chi connectivity index (χ3v) is 4.21. The molecule has 0 saturated carbocycles. The fourth-order valence-electron chi connectivity index (χ4n) is 2.85. The van der Waals surface area contributed by atoms with Gasteiger partial charge < -0.3 is 5.73 Å². The number of nitrogen functional groups attached to an aromatic ring is 1. The number of aromatic nitrogens is 5. The predicted octanol–water partition coefficient (Wildman–Crippen LogP) is 2.38. The first kappa shape index (κ1) is 16.6. The summed E-state index contributed by atoms with van der Waals surface area (Å²) in [5.41, 5.74) is 7.84. The minimum Gasteiger partial charge on any atom is -0.368 e. The monoisotopic (exact) mass is 359 g/mol. The molecule has 1 aromatic carbocycles. The van der Waals surface area contributed by atoms with Crippen LogP contribution in [0.15, 0.2) is 54.9 Å². The van der Waals surface area contributed by atoms with Crippen molar-refractivity contribution in [2.75, 3.05) is 17.7 Å². The van der Waals surface area contributed by atoms with E-state index < -0.39 is 0 Å². The normalized spacial score (nSPS) is 10.9. The minimum atomic E-state index is -0.261. The molecule has 0 spiro atoms. The van der Waals surface area contributed by atoms with Gasteiger partial charge in [-0.15, -0.1) is 0 Å². The maximum absolute atomic E-state index is 13.1. The number of carbonyl (C=O) groups is 1. The molecule has 0 bridgehead atoms. The average Bonchev–Trinajstić information content (AvgIpc) is 3.06. The van der Waals surface area contributed by atoms with Crippen molar-refractivity contribution in [3.8, 4) is 5.82 Å². The number of hydrogen-bond acceptors (Lipinski definition) is 6. The predicted molar refractivity (Wildman–Crippen MR) is 103 cm³/mol. The number of pyridine rings is 1. The van der Waals surface area contributed by atoms with Crippen LogP contribution in [-0.2, 0) is 0 Å². The largest absolute Gasteiger partial charge is 0.368 e. The first-order valence-electron chi connectivity index (χ1n) is 8.32. The van der Waals surface area contributed by atoms with Crippen LogP contribution in [0.3, 0.4) is 0 Å². The molecule has 0 radical (unpaired) electrons. The molecule has 8 nitrogen and oxygen atoms in total. The van der Waals surface area contributed by atoms with Gasteiger partial charge in [-0.3, -0.25) is 9.69 Å². The van der Waals surface area contributed by atoms with Crippen LogP contribution in [0, 0.1) is 6.92 Å². The molecule has 0 unspecified atom stereocenters. The Hall–Kier alpha value is -3.81. The Labute approximate surface area is 155 Å². The fourth-order valence-corrected chi connectivity index (χ4v) is 2.85. The summed E-state index contributed by atoms with van der Waals surface area (Å²) in [6.07, 6.45) is 3.20. The van der Waals surface area contributed by atoms with Gasteiger partial charge in [-0.25, -0.2) is 14.6 Å². The van der Waals surface area contributed by atoms with Crippen molar-refractivity contribution in [1.29, 1.82) is 0 Å².